The van der Waals surface area contributed by atoms with Crippen LogP contribution in [-0.2, 0) is 9.53 Å². The van der Waals surface area contributed by atoms with Crippen molar-refractivity contribution in [1.29, 1.82) is 0 Å². The van der Waals surface area contributed by atoms with Gasteiger partial charge in [-0.3, -0.25) is 9.59 Å². The zero-order chi connectivity index (χ0) is 17.4. The average molecular weight is 331 g/mol. The van der Waals surface area contributed by atoms with Gasteiger partial charge in [-0.1, -0.05) is 30.3 Å². The molecule has 1 heterocycles. The Kier molecular flexibility index (Phi) is 4.10. The van der Waals surface area contributed by atoms with E-state index in [1.807, 2.05) is 0 Å². The van der Waals surface area contributed by atoms with Crippen molar-refractivity contribution in [2.24, 2.45) is 0 Å². The third-order valence-electron chi connectivity index (χ3n) is 4.18. The number of carbonyl (C=O) groups is 2. The van der Waals surface area contributed by atoms with Gasteiger partial charge in [0.15, 0.2) is 5.78 Å². The number of fused-ring (bicyclic) bond motifs is 1. The maximum atomic E-state index is 12.7. The Bertz CT molecular complexity index is 735. The number of ether oxygens (including phenoxy) is 1. The second kappa shape index (κ2) is 5.95. The fraction of sp³-hybridized carbons (Fsp3) is 0.294. The van der Waals surface area contributed by atoms with Crippen LogP contribution in [-0.4, -0.2) is 58.0 Å². The van der Waals surface area contributed by atoms with E-state index in [-0.39, 0.29) is 17.9 Å². The number of rotatable bonds is 4. The molecule has 7 heteroatoms. The lowest BCUT2D eigenvalue weighted by atomic mass is 9.87. The SMILES string of the molecule is O=C(C1=C2NC(CO)(CO)COC2(O)C(=O)C=C1)c1ccccc1. The number of hydrogen-bond donors (Lipinski definition) is 4. The van der Waals surface area contributed by atoms with Gasteiger partial charge in [0.1, 0.15) is 5.54 Å². The smallest absolute Gasteiger partial charge is 0.273 e. The zero-order valence-electron chi connectivity index (χ0n) is 12.7. The van der Waals surface area contributed by atoms with Crippen molar-refractivity contribution < 1.29 is 29.6 Å². The summed E-state index contributed by atoms with van der Waals surface area (Å²) in [4.78, 5) is 24.8. The van der Waals surface area contributed by atoms with Crippen molar-refractivity contribution in [2.75, 3.05) is 19.8 Å². The minimum Gasteiger partial charge on any atom is -0.394 e. The summed E-state index contributed by atoms with van der Waals surface area (Å²) in [5.74, 6) is -3.49. The number of nitrogens with one attached hydrogen (secondary N) is 1. The molecular formula is C17H17NO6. The predicted octanol–water partition coefficient (Wildman–Crippen LogP) is -0.706. The molecule has 0 radical (unpaired) electrons. The first kappa shape index (κ1) is 16.5. The molecule has 0 saturated carbocycles. The Labute approximate surface area is 137 Å². The van der Waals surface area contributed by atoms with E-state index in [4.69, 9.17) is 4.74 Å². The molecule has 126 valence electrons. The largest absolute Gasteiger partial charge is 0.394 e. The van der Waals surface area contributed by atoms with Gasteiger partial charge in [-0.05, 0) is 12.2 Å². The minimum atomic E-state index is -2.33. The highest BCUT2D eigenvalue weighted by molar-refractivity contribution is 6.14. The molecule has 2 aliphatic rings. The maximum absolute atomic E-state index is 12.7. The van der Waals surface area contributed by atoms with Gasteiger partial charge in [0.2, 0.25) is 5.78 Å². The second-order valence-electron chi connectivity index (χ2n) is 5.84. The third-order valence-corrected chi connectivity index (χ3v) is 4.18. The lowest BCUT2D eigenvalue weighted by molar-refractivity contribution is -0.212. The van der Waals surface area contributed by atoms with E-state index in [1.165, 1.54) is 6.08 Å². The highest BCUT2D eigenvalue weighted by Gasteiger charge is 2.52. The van der Waals surface area contributed by atoms with Crippen molar-refractivity contribution in [1.82, 2.24) is 5.32 Å². The number of morpholine rings is 1. The van der Waals surface area contributed by atoms with Gasteiger partial charge in [0.25, 0.3) is 5.79 Å². The number of ketones is 2. The molecule has 1 aliphatic carbocycles. The number of allylic oxidation sites excluding steroid dienone is 2. The Morgan fingerprint density at radius 1 is 1.17 bits per heavy atom. The molecule has 1 aliphatic heterocycles. The van der Waals surface area contributed by atoms with Gasteiger partial charge in [-0.15, -0.1) is 0 Å². The first-order valence-corrected chi connectivity index (χ1v) is 7.39. The summed E-state index contributed by atoms with van der Waals surface area (Å²) in [6, 6.07) is 8.36. The quantitative estimate of drug-likeness (QED) is 0.539. The van der Waals surface area contributed by atoms with E-state index in [2.05, 4.69) is 5.32 Å². The first-order valence-electron chi connectivity index (χ1n) is 7.39. The highest BCUT2D eigenvalue weighted by Crippen LogP contribution is 2.34. The summed E-state index contributed by atoms with van der Waals surface area (Å²) < 4.78 is 5.26. The van der Waals surface area contributed by atoms with E-state index < -0.39 is 36.1 Å². The molecule has 0 aromatic heterocycles. The standard InChI is InChI=1S/C17H17NO6/c19-8-16(9-20)10-24-17(23)13(21)7-6-12(15(17)18-16)14(22)11-4-2-1-3-5-11/h1-7,18-20,23H,8-10H2. The molecule has 3 rings (SSSR count). The number of Topliss-reactive ketones (excluding diaryl/α,β-unsaturated/α-hetero) is 1. The predicted molar refractivity (Wildman–Crippen MR) is 82.9 cm³/mol. The molecule has 1 aromatic carbocycles. The van der Waals surface area contributed by atoms with Crippen LogP contribution in [0.2, 0.25) is 0 Å². The number of carbonyl (C=O) groups excluding carboxylic acids is 2. The number of hydrogen-bond acceptors (Lipinski definition) is 7. The number of aliphatic hydroxyl groups is 3. The van der Waals surface area contributed by atoms with E-state index in [0.717, 1.165) is 6.08 Å². The summed E-state index contributed by atoms with van der Waals surface area (Å²) in [5.41, 5.74) is -1.06. The van der Waals surface area contributed by atoms with Crippen LogP contribution in [0.4, 0.5) is 0 Å². The van der Waals surface area contributed by atoms with Gasteiger partial charge in [-0.25, -0.2) is 0 Å². The zero-order valence-corrected chi connectivity index (χ0v) is 12.7. The van der Waals surface area contributed by atoms with Crippen LogP contribution in [0.15, 0.2) is 53.8 Å². The Hall–Kier alpha value is -2.32. The Morgan fingerprint density at radius 2 is 1.83 bits per heavy atom. The fourth-order valence-electron chi connectivity index (χ4n) is 2.65. The molecule has 4 N–H and O–H groups in total. The topological polar surface area (TPSA) is 116 Å². The summed E-state index contributed by atoms with van der Waals surface area (Å²) in [7, 11) is 0. The maximum Gasteiger partial charge on any atom is 0.273 e. The molecule has 24 heavy (non-hydrogen) atoms. The van der Waals surface area contributed by atoms with Gasteiger partial charge in [-0.2, -0.15) is 0 Å². The Balaban J connectivity index is 2.11. The van der Waals surface area contributed by atoms with Gasteiger partial charge in [0, 0.05) is 11.1 Å². The lowest BCUT2D eigenvalue weighted by Gasteiger charge is -2.45. The van der Waals surface area contributed by atoms with Crippen molar-refractivity contribution in [3.63, 3.8) is 0 Å². The summed E-state index contributed by atoms with van der Waals surface area (Å²) in [5, 5.41) is 32.4. The van der Waals surface area contributed by atoms with E-state index in [1.54, 1.807) is 30.3 Å². The third kappa shape index (κ3) is 2.47. The second-order valence-corrected chi connectivity index (χ2v) is 5.84. The minimum absolute atomic E-state index is 0.0364. The molecule has 0 spiro atoms. The number of aliphatic hydroxyl groups excluding tert-OH is 2. The molecule has 1 fully saturated rings. The average Bonchev–Trinajstić information content (AvgIpc) is 2.63. The summed E-state index contributed by atoms with van der Waals surface area (Å²) in [6.45, 7) is -1.31. The van der Waals surface area contributed by atoms with Gasteiger partial charge in [0.05, 0.1) is 25.5 Å². The Morgan fingerprint density at radius 3 is 2.46 bits per heavy atom. The molecule has 1 saturated heterocycles. The van der Waals surface area contributed by atoms with Crippen LogP contribution in [0.1, 0.15) is 10.4 Å². The molecule has 7 nitrogen and oxygen atoms in total. The molecule has 0 bridgehead atoms. The summed E-state index contributed by atoms with van der Waals surface area (Å²) >= 11 is 0. The van der Waals surface area contributed by atoms with Crippen LogP contribution >= 0.6 is 0 Å². The van der Waals surface area contributed by atoms with Crippen LogP contribution in [0.3, 0.4) is 0 Å². The van der Waals surface area contributed by atoms with Crippen molar-refractivity contribution in [2.45, 2.75) is 11.3 Å². The van der Waals surface area contributed by atoms with Crippen molar-refractivity contribution in [3.05, 3.63) is 59.3 Å². The molecule has 1 aromatic rings. The van der Waals surface area contributed by atoms with E-state index in [0.29, 0.717) is 5.56 Å². The molecule has 1 atom stereocenters. The summed E-state index contributed by atoms with van der Waals surface area (Å²) in [6.07, 6.45) is 2.37. The fourth-order valence-corrected chi connectivity index (χ4v) is 2.65. The van der Waals surface area contributed by atoms with E-state index >= 15 is 0 Å². The van der Waals surface area contributed by atoms with Crippen LogP contribution < -0.4 is 5.32 Å². The van der Waals surface area contributed by atoms with Crippen LogP contribution in [0, 0.1) is 0 Å². The number of benzene rings is 1. The van der Waals surface area contributed by atoms with Crippen molar-refractivity contribution >= 4 is 11.6 Å². The van der Waals surface area contributed by atoms with E-state index in [9.17, 15) is 24.9 Å². The lowest BCUT2D eigenvalue weighted by Crippen LogP contribution is -2.67. The van der Waals surface area contributed by atoms with Gasteiger partial charge >= 0.3 is 0 Å². The van der Waals surface area contributed by atoms with Crippen LogP contribution in [0.25, 0.3) is 0 Å². The molecule has 0 amide bonds. The molecule has 1 unspecified atom stereocenters. The monoisotopic (exact) mass is 331 g/mol. The van der Waals surface area contributed by atoms with Gasteiger partial charge < -0.3 is 25.4 Å². The first-order chi connectivity index (χ1) is 11.5. The molecular weight excluding hydrogens is 314 g/mol. The highest BCUT2D eigenvalue weighted by atomic mass is 16.6. The van der Waals surface area contributed by atoms with Crippen LogP contribution in [0.5, 0.6) is 0 Å². The van der Waals surface area contributed by atoms with Crippen molar-refractivity contribution in [3.8, 4) is 0 Å². The normalized spacial score (nSPS) is 25.2.